The number of rotatable bonds is 3. The Kier molecular flexibility index (Phi) is 4.30. The van der Waals surface area contributed by atoms with Crippen LogP contribution >= 0.6 is 0 Å². The molecule has 2 heterocycles. The fraction of sp³-hybridized carbons (Fsp3) is 1.00. The van der Waals surface area contributed by atoms with Crippen LogP contribution in [0.5, 0.6) is 0 Å². The van der Waals surface area contributed by atoms with Crippen molar-refractivity contribution in [3.8, 4) is 0 Å². The number of sulfonamides is 1. The van der Waals surface area contributed by atoms with Gasteiger partial charge in [-0.3, -0.25) is 0 Å². The highest BCUT2D eigenvalue weighted by Crippen LogP contribution is 2.19. The molecule has 1 atom stereocenters. The first kappa shape index (κ1) is 14.2. The van der Waals surface area contributed by atoms with Crippen LogP contribution in [0.3, 0.4) is 0 Å². The first-order valence-corrected chi connectivity index (χ1v) is 9.68. The summed E-state index contributed by atoms with van der Waals surface area (Å²) in [6, 6.07) is -0.0534. The minimum Gasteiger partial charge on any atom is -0.315 e. The second kappa shape index (κ2) is 5.44. The summed E-state index contributed by atoms with van der Waals surface area (Å²) < 4.78 is 49.5. The third-order valence-corrected chi connectivity index (χ3v) is 7.29. The van der Waals surface area contributed by atoms with Crippen molar-refractivity contribution in [2.24, 2.45) is 0 Å². The Balaban J connectivity index is 1.94. The maximum atomic E-state index is 12.1. The molecule has 0 radical (unpaired) electrons. The predicted octanol–water partition coefficient (Wildman–Crippen LogP) is -0.765. The quantitative estimate of drug-likeness (QED) is 0.714. The van der Waals surface area contributed by atoms with E-state index in [0.717, 1.165) is 19.4 Å². The summed E-state index contributed by atoms with van der Waals surface area (Å²) in [5.41, 5.74) is 0. The first-order chi connectivity index (χ1) is 8.39. The highest BCUT2D eigenvalue weighted by molar-refractivity contribution is 7.92. The van der Waals surface area contributed by atoms with Crippen LogP contribution in [0, 0.1) is 0 Å². The van der Waals surface area contributed by atoms with Gasteiger partial charge in [0.25, 0.3) is 0 Å². The summed E-state index contributed by atoms with van der Waals surface area (Å²) in [5.74, 6) is -0.0248. The molecule has 8 heteroatoms. The lowest BCUT2D eigenvalue weighted by Gasteiger charge is -2.28. The summed E-state index contributed by atoms with van der Waals surface area (Å²) in [7, 11) is -6.40. The maximum absolute atomic E-state index is 12.1. The Hall–Kier alpha value is -0.180. The average molecular weight is 296 g/mol. The zero-order valence-electron chi connectivity index (χ0n) is 10.3. The summed E-state index contributed by atoms with van der Waals surface area (Å²) in [4.78, 5) is 0. The minimum atomic E-state index is -3.39. The molecule has 0 bridgehead atoms. The van der Waals surface area contributed by atoms with Crippen molar-refractivity contribution in [3.63, 3.8) is 0 Å². The van der Waals surface area contributed by atoms with Crippen molar-refractivity contribution in [1.82, 2.24) is 10.0 Å². The lowest BCUT2D eigenvalue weighted by molar-refractivity contribution is 0.425. The van der Waals surface area contributed by atoms with Gasteiger partial charge in [0.1, 0.15) is 9.84 Å². The Labute approximate surface area is 108 Å². The van der Waals surface area contributed by atoms with E-state index in [9.17, 15) is 16.8 Å². The van der Waals surface area contributed by atoms with Crippen LogP contribution in [0.4, 0.5) is 0 Å². The molecule has 0 amide bonds. The standard InChI is InChI=1S/C10H20N2O4S2/c13-17(14)6-3-10(4-7-17)18(15,16)12-9-2-1-5-11-8-9/h9-12H,1-8H2. The van der Waals surface area contributed by atoms with Crippen molar-refractivity contribution in [3.05, 3.63) is 0 Å². The van der Waals surface area contributed by atoms with E-state index < -0.39 is 25.1 Å². The normalized spacial score (nSPS) is 30.1. The molecule has 106 valence electrons. The molecule has 2 aliphatic rings. The third kappa shape index (κ3) is 3.66. The zero-order valence-corrected chi connectivity index (χ0v) is 11.9. The largest absolute Gasteiger partial charge is 0.315 e. The highest BCUT2D eigenvalue weighted by atomic mass is 32.2. The Morgan fingerprint density at radius 2 is 1.78 bits per heavy atom. The van der Waals surface area contributed by atoms with Crippen molar-refractivity contribution < 1.29 is 16.8 Å². The van der Waals surface area contributed by atoms with Crippen LogP contribution in [0.25, 0.3) is 0 Å². The van der Waals surface area contributed by atoms with Gasteiger partial charge in [0, 0.05) is 12.6 Å². The van der Waals surface area contributed by atoms with Gasteiger partial charge in [-0.05, 0) is 32.2 Å². The summed E-state index contributed by atoms with van der Waals surface area (Å²) in [6.45, 7) is 1.59. The molecule has 6 nitrogen and oxygen atoms in total. The van der Waals surface area contributed by atoms with Gasteiger partial charge < -0.3 is 5.32 Å². The second-order valence-electron chi connectivity index (χ2n) is 5.06. The number of hydrogen-bond donors (Lipinski definition) is 2. The van der Waals surface area contributed by atoms with Crippen LogP contribution in [-0.2, 0) is 19.9 Å². The number of sulfone groups is 1. The van der Waals surface area contributed by atoms with Gasteiger partial charge in [0.2, 0.25) is 10.0 Å². The van der Waals surface area contributed by atoms with Crippen LogP contribution < -0.4 is 10.0 Å². The summed E-state index contributed by atoms with van der Waals surface area (Å²) in [5, 5.41) is 2.60. The van der Waals surface area contributed by atoms with Crippen molar-refractivity contribution in [1.29, 1.82) is 0 Å². The monoisotopic (exact) mass is 296 g/mol. The molecule has 2 saturated heterocycles. The first-order valence-electron chi connectivity index (χ1n) is 6.31. The molecule has 0 aromatic carbocycles. The van der Waals surface area contributed by atoms with Crippen LogP contribution in [0.15, 0.2) is 0 Å². The Morgan fingerprint density at radius 3 is 2.33 bits per heavy atom. The second-order valence-corrected chi connectivity index (χ2v) is 9.35. The fourth-order valence-electron chi connectivity index (χ4n) is 2.46. The summed E-state index contributed by atoms with van der Waals surface area (Å²) in [6.07, 6.45) is 2.25. The van der Waals surface area contributed by atoms with Crippen molar-refractivity contribution in [2.45, 2.75) is 37.0 Å². The SMILES string of the molecule is O=S1(=O)CCC(S(=O)(=O)NC2CCCNC2)CC1. The lowest BCUT2D eigenvalue weighted by Crippen LogP contribution is -2.49. The van der Waals surface area contributed by atoms with Gasteiger partial charge in [-0.2, -0.15) is 0 Å². The maximum Gasteiger partial charge on any atom is 0.214 e. The van der Waals surface area contributed by atoms with Crippen LogP contribution in [-0.4, -0.2) is 52.7 Å². The number of hydrogen-bond acceptors (Lipinski definition) is 5. The Bertz CT molecular complexity index is 466. The van der Waals surface area contributed by atoms with E-state index in [1.54, 1.807) is 0 Å². The number of piperidine rings is 1. The molecule has 18 heavy (non-hydrogen) atoms. The predicted molar refractivity (Wildman–Crippen MR) is 69.6 cm³/mol. The topological polar surface area (TPSA) is 92.3 Å². The van der Waals surface area contributed by atoms with Crippen molar-refractivity contribution >= 4 is 19.9 Å². The van der Waals surface area contributed by atoms with Gasteiger partial charge in [-0.1, -0.05) is 0 Å². The van der Waals surface area contributed by atoms with Gasteiger partial charge in [-0.25, -0.2) is 21.6 Å². The molecule has 0 aromatic rings. The molecule has 2 N–H and O–H groups in total. The van der Waals surface area contributed by atoms with Gasteiger partial charge in [0.05, 0.1) is 16.8 Å². The molecular formula is C10H20N2O4S2. The molecule has 0 spiro atoms. The molecular weight excluding hydrogens is 276 g/mol. The Morgan fingerprint density at radius 1 is 1.11 bits per heavy atom. The molecule has 0 aliphatic carbocycles. The van der Waals surface area contributed by atoms with E-state index in [-0.39, 0.29) is 30.4 Å². The smallest absolute Gasteiger partial charge is 0.214 e. The van der Waals surface area contributed by atoms with Crippen molar-refractivity contribution in [2.75, 3.05) is 24.6 Å². The van der Waals surface area contributed by atoms with Gasteiger partial charge in [-0.15, -0.1) is 0 Å². The molecule has 0 aromatic heterocycles. The van der Waals surface area contributed by atoms with E-state index in [0.29, 0.717) is 6.54 Å². The van der Waals surface area contributed by atoms with E-state index in [4.69, 9.17) is 0 Å². The average Bonchev–Trinajstić information content (AvgIpc) is 2.29. The number of nitrogens with one attached hydrogen (secondary N) is 2. The van der Waals surface area contributed by atoms with E-state index in [2.05, 4.69) is 10.0 Å². The van der Waals surface area contributed by atoms with E-state index in [1.807, 2.05) is 0 Å². The lowest BCUT2D eigenvalue weighted by atomic mass is 10.1. The van der Waals surface area contributed by atoms with E-state index in [1.165, 1.54) is 0 Å². The summed E-state index contributed by atoms with van der Waals surface area (Å²) >= 11 is 0. The molecule has 2 fully saturated rings. The van der Waals surface area contributed by atoms with E-state index >= 15 is 0 Å². The fourth-order valence-corrected chi connectivity index (χ4v) is 5.96. The van der Waals surface area contributed by atoms with Gasteiger partial charge in [0.15, 0.2) is 0 Å². The molecule has 1 unspecified atom stereocenters. The van der Waals surface area contributed by atoms with Crippen LogP contribution in [0.2, 0.25) is 0 Å². The highest BCUT2D eigenvalue weighted by Gasteiger charge is 2.34. The third-order valence-electron chi connectivity index (χ3n) is 3.57. The van der Waals surface area contributed by atoms with Gasteiger partial charge >= 0.3 is 0 Å². The minimum absolute atomic E-state index is 0.0124. The molecule has 2 rings (SSSR count). The van der Waals surface area contributed by atoms with Crippen LogP contribution in [0.1, 0.15) is 25.7 Å². The molecule has 2 aliphatic heterocycles. The zero-order chi connectivity index (χ0) is 13.2. The molecule has 0 saturated carbocycles.